The molecule has 0 spiro atoms. The topological polar surface area (TPSA) is 79.4 Å². The van der Waals surface area contributed by atoms with Crippen molar-refractivity contribution >= 4 is 11.7 Å². The summed E-state index contributed by atoms with van der Waals surface area (Å²) < 4.78 is 5.94. The Morgan fingerprint density at radius 3 is 2.67 bits per heavy atom. The Kier molecular flexibility index (Phi) is 7.52. The fourth-order valence-electron chi connectivity index (χ4n) is 4.14. The second kappa shape index (κ2) is 10.9. The van der Waals surface area contributed by atoms with Crippen molar-refractivity contribution < 1.29 is 9.53 Å². The highest BCUT2D eigenvalue weighted by atomic mass is 16.5. The van der Waals surface area contributed by atoms with Gasteiger partial charge in [0.25, 0.3) is 5.91 Å². The van der Waals surface area contributed by atoms with Crippen molar-refractivity contribution in [1.82, 2.24) is 20.2 Å². The summed E-state index contributed by atoms with van der Waals surface area (Å²) in [5.41, 5.74) is 3.94. The van der Waals surface area contributed by atoms with Crippen molar-refractivity contribution in [1.29, 1.82) is 0 Å². The minimum Gasteiger partial charge on any atom is -0.493 e. The van der Waals surface area contributed by atoms with Gasteiger partial charge < -0.3 is 15.4 Å². The van der Waals surface area contributed by atoms with Crippen LogP contribution in [0, 0.1) is 0 Å². The maximum atomic E-state index is 12.5. The predicted octanol–water partition coefficient (Wildman–Crippen LogP) is 3.98. The number of anilines is 1. The first-order valence-electron chi connectivity index (χ1n) is 11.5. The SMILES string of the molecule is CCOc1cc(CN2CCC(NC(=O)c3ccc(NC)nc3)CC2)ccc1-c1cccnc1. The highest BCUT2D eigenvalue weighted by Crippen LogP contribution is 2.31. The number of piperidine rings is 1. The summed E-state index contributed by atoms with van der Waals surface area (Å²) in [4.78, 5) is 23.4. The van der Waals surface area contributed by atoms with Crippen LogP contribution in [0.2, 0.25) is 0 Å². The molecule has 33 heavy (non-hydrogen) atoms. The van der Waals surface area contributed by atoms with Gasteiger partial charge in [-0.25, -0.2) is 4.98 Å². The van der Waals surface area contributed by atoms with E-state index in [0.29, 0.717) is 12.2 Å². The molecule has 2 N–H and O–H groups in total. The zero-order valence-corrected chi connectivity index (χ0v) is 19.3. The molecular weight excluding hydrogens is 414 g/mol. The molecule has 0 saturated carbocycles. The third-order valence-electron chi connectivity index (χ3n) is 5.93. The first kappa shape index (κ1) is 22.7. The van der Waals surface area contributed by atoms with Gasteiger partial charge in [0.05, 0.1) is 12.2 Å². The average Bonchev–Trinajstić information content (AvgIpc) is 2.86. The molecule has 172 valence electrons. The van der Waals surface area contributed by atoms with Crippen LogP contribution in [-0.4, -0.2) is 53.6 Å². The molecule has 0 atom stereocenters. The van der Waals surface area contributed by atoms with Crippen LogP contribution in [0.4, 0.5) is 5.82 Å². The molecule has 0 bridgehead atoms. The Hall–Kier alpha value is -3.45. The molecule has 1 amide bonds. The first-order valence-corrected chi connectivity index (χ1v) is 11.5. The maximum Gasteiger partial charge on any atom is 0.253 e. The number of hydrogen-bond donors (Lipinski definition) is 2. The molecule has 3 heterocycles. The van der Waals surface area contributed by atoms with E-state index in [4.69, 9.17) is 4.74 Å². The zero-order valence-electron chi connectivity index (χ0n) is 19.3. The lowest BCUT2D eigenvalue weighted by molar-refractivity contribution is 0.0908. The lowest BCUT2D eigenvalue weighted by atomic mass is 10.0. The molecule has 1 aromatic carbocycles. The van der Waals surface area contributed by atoms with Crippen LogP contribution in [0.3, 0.4) is 0 Å². The van der Waals surface area contributed by atoms with Gasteiger partial charge in [0.1, 0.15) is 11.6 Å². The van der Waals surface area contributed by atoms with Crippen LogP contribution in [0.5, 0.6) is 5.75 Å². The van der Waals surface area contributed by atoms with Crippen molar-refractivity contribution in [3.63, 3.8) is 0 Å². The molecular formula is C26H31N5O2. The van der Waals surface area contributed by atoms with E-state index in [-0.39, 0.29) is 11.9 Å². The fourth-order valence-corrected chi connectivity index (χ4v) is 4.14. The Labute approximate surface area is 195 Å². The van der Waals surface area contributed by atoms with E-state index >= 15 is 0 Å². The molecule has 0 radical (unpaired) electrons. The Morgan fingerprint density at radius 2 is 2.00 bits per heavy atom. The number of rotatable bonds is 8. The van der Waals surface area contributed by atoms with Crippen LogP contribution in [0.15, 0.2) is 61.1 Å². The number of carbonyl (C=O) groups excluding carboxylic acids is 1. The molecule has 4 rings (SSSR count). The number of carbonyl (C=O) groups is 1. The average molecular weight is 446 g/mol. The van der Waals surface area contributed by atoms with Crippen LogP contribution in [0.25, 0.3) is 11.1 Å². The van der Waals surface area contributed by atoms with Crippen LogP contribution >= 0.6 is 0 Å². The molecule has 2 aromatic heterocycles. The van der Waals surface area contributed by atoms with E-state index in [9.17, 15) is 4.79 Å². The Morgan fingerprint density at radius 1 is 1.15 bits per heavy atom. The van der Waals surface area contributed by atoms with Gasteiger partial charge in [0.15, 0.2) is 0 Å². The molecule has 7 nitrogen and oxygen atoms in total. The van der Waals surface area contributed by atoms with Crippen molar-refractivity contribution in [2.45, 2.75) is 32.4 Å². The Balaban J connectivity index is 1.33. The molecule has 7 heteroatoms. The summed E-state index contributed by atoms with van der Waals surface area (Å²) in [5, 5.41) is 6.12. The smallest absolute Gasteiger partial charge is 0.253 e. The van der Waals surface area contributed by atoms with E-state index in [1.165, 1.54) is 5.56 Å². The zero-order chi connectivity index (χ0) is 23.0. The minimum atomic E-state index is -0.0593. The van der Waals surface area contributed by atoms with E-state index in [0.717, 1.165) is 55.2 Å². The fraction of sp³-hybridized carbons (Fsp3) is 0.346. The molecule has 1 aliphatic rings. The van der Waals surface area contributed by atoms with Gasteiger partial charge in [0.2, 0.25) is 0 Å². The number of ether oxygens (including phenoxy) is 1. The van der Waals surface area contributed by atoms with E-state index in [1.807, 2.05) is 32.3 Å². The molecule has 0 aliphatic carbocycles. The van der Waals surface area contributed by atoms with Gasteiger partial charge in [-0.1, -0.05) is 18.2 Å². The van der Waals surface area contributed by atoms with Crippen molar-refractivity contribution in [3.05, 3.63) is 72.2 Å². The van der Waals surface area contributed by atoms with E-state index in [2.05, 4.69) is 49.8 Å². The van der Waals surface area contributed by atoms with Gasteiger partial charge in [-0.2, -0.15) is 0 Å². The normalized spacial score (nSPS) is 14.6. The summed E-state index contributed by atoms with van der Waals surface area (Å²) in [5.74, 6) is 1.58. The van der Waals surface area contributed by atoms with Gasteiger partial charge in [-0.05, 0) is 49.6 Å². The molecule has 0 unspecified atom stereocenters. The molecule has 1 aliphatic heterocycles. The van der Waals surface area contributed by atoms with E-state index in [1.54, 1.807) is 18.5 Å². The highest BCUT2D eigenvalue weighted by Gasteiger charge is 2.22. The first-order chi connectivity index (χ1) is 16.2. The van der Waals surface area contributed by atoms with Crippen molar-refractivity contribution in [3.8, 4) is 16.9 Å². The third-order valence-corrected chi connectivity index (χ3v) is 5.93. The molecule has 1 fully saturated rings. The number of nitrogens with one attached hydrogen (secondary N) is 2. The summed E-state index contributed by atoms with van der Waals surface area (Å²) in [6.45, 7) is 5.37. The van der Waals surface area contributed by atoms with Gasteiger partial charge >= 0.3 is 0 Å². The number of aromatic nitrogens is 2. The highest BCUT2D eigenvalue weighted by molar-refractivity contribution is 5.94. The van der Waals surface area contributed by atoms with Crippen LogP contribution in [0.1, 0.15) is 35.7 Å². The summed E-state index contributed by atoms with van der Waals surface area (Å²) in [7, 11) is 1.81. The van der Waals surface area contributed by atoms with Gasteiger partial charge in [0, 0.05) is 62.4 Å². The van der Waals surface area contributed by atoms with E-state index < -0.39 is 0 Å². The lowest BCUT2D eigenvalue weighted by Gasteiger charge is -2.32. The monoisotopic (exact) mass is 445 g/mol. The minimum absolute atomic E-state index is 0.0593. The standard InChI is InChI=1S/C26H31N5O2/c1-3-33-24-15-19(6-8-23(24)20-5-4-12-28-16-20)18-31-13-10-22(11-14-31)30-26(32)21-7-9-25(27-2)29-17-21/h4-9,12,15-17,22H,3,10-11,13-14,18H2,1-2H3,(H,27,29)(H,30,32). The number of benzene rings is 1. The van der Waals surface area contributed by atoms with Gasteiger partial charge in [-0.15, -0.1) is 0 Å². The number of hydrogen-bond acceptors (Lipinski definition) is 6. The largest absolute Gasteiger partial charge is 0.493 e. The van der Waals surface area contributed by atoms with Crippen molar-refractivity contribution in [2.75, 3.05) is 32.1 Å². The summed E-state index contributed by atoms with van der Waals surface area (Å²) in [6.07, 6.45) is 7.11. The number of pyridine rings is 2. The van der Waals surface area contributed by atoms with Gasteiger partial charge in [-0.3, -0.25) is 14.7 Å². The number of amides is 1. The number of nitrogens with zero attached hydrogens (tertiary/aromatic N) is 3. The third kappa shape index (κ3) is 5.87. The second-order valence-electron chi connectivity index (χ2n) is 8.21. The quantitative estimate of drug-likeness (QED) is 0.546. The summed E-state index contributed by atoms with van der Waals surface area (Å²) >= 11 is 0. The predicted molar refractivity (Wildman–Crippen MR) is 130 cm³/mol. The van der Waals surface area contributed by atoms with Crippen LogP contribution < -0.4 is 15.4 Å². The lowest BCUT2D eigenvalue weighted by Crippen LogP contribution is -2.44. The number of likely N-dealkylation sites (tertiary alicyclic amines) is 1. The Bertz CT molecular complexity index is 1050. The summed E-state index contributed by atoms with van der Waals surface area (Å²) in [6, 6.07) is 14.2. The van der Waals surface area contributed by atoms with Crippen LogP contribution in [-0.2, 0) is 6.54 Å². The molecule has 3 aromatic rings. The molecule has 1 saturated heterocycles. The second-order valence-corrected chi connectivity index (χ2v) is 8.21. The maximum absolute atomic E-state index is 12.5. The van der Waals surface area contributed by atoms with Crippen molar-refractivity contribution in [2.24, 2.45) is 0 Å².